The predicted molar refractivity (Wildman–Crippen MR) is 171 cm³/mol. The average molecular weight is 636 g/mol. The number of halogens is 1. The van der Waals surface area contributed by atoms with E-state index in [0.717, 1.165) is 11.1 Å². The van der Waals surface area contributed by atoms with E-state index < -0.39 is 11.6 Å². The normalized spacial score (nSPS) is 18.5. The number of ether oxygens (including phenoxy) is 3. The van der Waals surface area contributed by atoms with Crippen LogP contribution in [0.1, 0.15) is 35.3 Å². The van der Waals surface area contributed by atoms with Crippen LogP contribution in [0.3, 0.4) is 0 Å². The van der Waals surface area contributed by atoms with Gasteiger partial charge in [0.05, 0.1) is 30.1 Å². The summed E-state index contributed by atoms with van der Waals surface area (Å²) in [6, 6.07) is 22.8. The van der Waals surface area contributed by atoms with Crippen LogP contribution in [0.2, 0.25) is 0 Å². The number of alkyl carbamates (subject to hydrolysis) is 1. The topological polar surface area (TPSA) is 107 Å². The summed E-state index contributed by atoms with van der Waals surface area (Å²) in [5.41, 5.74) is 3.34. The van der Waals surface area contributed by atoms with E-state index in [4.69, 9.17) is 19.2 Å². The Morgan fingerprint density at radius 2 is 1.68 bits per heavy atom. The Morgan fingerprint density at radius 1 is 0.936 bits per heavy atom. The van der Waals surface area contributed by atoms with E-state index in [9.17, 15) is 14.0 Å². The van der Waals surface area contributed by atoms with Crippen LogP contribution in [-0.2, 0) is 16.9 Å². The van der Waals surface area contributed by atoms with Gasteiger partial charge in [0.25, 0.3) is 5.91 Å². The molecule has 0 spiro atoms. The molecule has 0 bridgehead atoms. The smallest absolute Gasteiger partial charge is 0.408 e. The van der Waals surface area contributed by atoms with Gasteiger partial charge in [-0.3, -0.25) is 4.79 Å². The summed E-state index contributed by atoms with van der Waals surface area (Å²) < 4.78 is 32.6. The number of aromatic nitrogens is 3. The number of methoxy groups -OCH3 is 1. The lowest BCUT2D eigenvalue weighted by Crippen LogP contribution is -2.41. The molecule has 240 valence electrons. The molecule has 2 amide bonds. The van der Waals surface area contributed by atoms with Crippen molar-refractivity contribution in [2.45, 2.75) is 32.1 Å². The second-order valence-corrected chi connectivity index (χ2v) is 12.5. The SMILES string of the molecule is COc1cn2cc(C(=O)N3C[C@@H]4C(Oc5cc(C(C)(C)NC(=O)OCc6ccccc6)cc(-c6ccc(F)cc6)n5)[C@@H]4C3)ccc2n1. The number of carbonyl (C=O) groups is 2. The van der Waals surface area contributed by atoms with Crippen LogP contribution in [0.5, 0.6) is 11.8 Å². The molecule has 3 atom stereocenters. The lowest BCUT2D eigenvalue weighted by molar-refractivity contribution is 0.0750. The quantitative estimate of drug-likeness (QED) is 0.216. The molecule has 2 aromatic carbocycles. The highest BCUT2D eigenvalue weighted by Crippen LogP contribution is 2.48. The maximum absolute atomic E-state index is 13.7. The fourth-order valence-electron chi connectivity index (χ4n) is 6.11. The molecule has 1 N–H and O–H groups in total. The average Bonchev–Trinajstić information content (AvgIpc) is 3.38. The van der Waals surface area contributed by atoms with Crippen molar-refractivity contribution >= 4 is 17.6 Å². The maximum atomic E-state index is 13.7. The van der Waals surface area contributed by atoms with Gasteiger partial charge in [0.15, 0.2) is 0 Å². The fraction of sp³-hybridized carbons (Fsp3) is 0.278. The highest BCUT2D eigenvalue weighted by atomic mass is 19.1. The molecule has 1 unspecified atom stereocenters. The first kappa shape index (κ1) is 30.2. The third-order valence-electron chi connectivity index (χ3n) is 8.84. The number of carbonyl (C=O) groups excluding carboxylic acids is 2. The first-order chi connectivity index (χ1) is 22.7. The van der Waals surface area contributed by atoms with Gasteiger partial charge in [0.1, 0.15) is 24.2 Å². The summed E-state index contributed by atoms with van der Waals surface area (Å²) in [6.07, 6.45) is 2.85. The monoisotopic (exact) mass is 635 g/mol. The van der Waals surface area contributed by atoms with Crippen molar-refractivity contribution in [1.82, 2.24) is 24.6 Å². The van der Waals surface area contributed by atoms with E-state index in [2.05, 4.69) is 10.3 Å². The van der Waals surface area contributed by atoms with Gasteiger partial charge < -0.3 is 28.8 Å². The van der Waals surface area contributed by atoms with Gasteiger partial charge in [0.2, 0.25) is 11.8 Å². The number of piperidine rings is 1. The number of amides is 2. The minimum Gasteiger partial charge on any atom is -0.480 e. The molecule has 10 nitrogen and oxygen atoms in total. The van der Waals surface area contributed by atoms with Gasteiger partial charge >= 0.3 is 6.09 Å². The summed E-state index contributed by atoms with van der Waals surface area (Å²) in [5, 5.41) is 2.95. The molecule has 0 radical (unpaired) electrons. The van der Waals surface area contributed by atoms with Crippen LogP contribution in [0.4, 0.5) is 9.18 Å². The molecule has 1 aliphatic carbocycles. The van der Waals surface area contributed by atoms with Gasteiger partial charge in [0, 0.05) is 42.8 Å². The number of nitrogens with zero attached hydrogens (tertiary/aromatic N) is 4. The van der Waals surface area contributed by atoms with Gasteiger partial charge in [-0.1, -0.05) is 30.3 Å². The summed E-state index contributed by atoms with van der Waals surface area (Å²) >= 11 is 0. The Labute approximate surface area is 271 Å². The Bertz CT molecular complexity index is 1930. The van der Waals surface area contributed by atoms with E-state index in [1.165, 1.54) is 12.1 Å². The van der Waals surface area contributed by atoms with Crippen LogP contribution in [0.25, 0.3) is 16.9 Å². The third-order valence-corrected chi connectivity index (χ3v) is 8.84. The molecule has 1 aliphatic heterocycles. The van der Waals surface area contributed by atoms with Crippen LogP contribution in [0.15, 0.2) is 91.3 Å². The van der Waals surface area contributed by atoms with Crippen molar-refractivity contribution in [2.75, 3.05) is 20.2 Å². The number of likely N-dealkylation sites (tertiary alicyclic amines) is 1. The Morgan fingerprint density at radius 3 is 2.40 bits per heavy atom. The van der Waals surface area contributed by atoms with Crippen LogP contribution < -0.4 is 14.8 Å². The van der Waals surface area contributed by atoms with Crippen molar-refractivity contribution in [3.8, 4) is 23.0 Å². The lowest BCUT2D eigenvalue weighted by atomic mass is 9.93. The van der Waals surface area contributed by atoms with E-state index in [-0.39, 0.29) is 36.3 Å². The number of nitrogens with one attached hydrogen (secondary N) is 1. The number of pyridine rings is 2. The number of fused-ring (bicyclic) bond motifs is 2. The second kappa shape index (κ2) is 12.1. The van der Waals surface area contributed by atoms with E-state index >= 15 is 0 Å². The Kier molecular flexibility index (Phi) is 7.75. The number of hydrogen-bond donors (Lipinski definition) is 1. The highest BCUT2D eigenvalue weighted by Gasteiger charge is 2.59. The van der Waals surface area contributed by atoms with Crippen molar-refractivity contribution in [3.05, 3.63) is 114 Å². The van der Waals surface area contributed by atoms with Crippen LogP contribution in [0, 0.1) is 17.7 Å². The molecule has 4 heterocycles. The number of imidazole rings is 1. The van der Waals surface area contributed by atoms with Crippen molar-refractivity contribution in [3.63, 3.8) is 0 Å². The number of benzene rings is 2. The first-order valence-electron chi connectivity index (χ1n) is 15.4. The van der Waals surface area contributed by atoms with E-state index in [1.807, 2.05) is 61.2 Å². The molecular formula is C36H34FN5O5. The predicted octanol–water partition coefficient (Wildman–Crippen LogP) is 5.85. The standard InChI is InChI=1S/C36H34FN5O5/c1-36(2,40-35(44)46-21-22-7-5-4-6-8-22)25-15-29(23-9-12-26(37)13-10-23)38-31(16-25)47-33-27-18-42(19-28(27)33)34(43)24-11-14-30-39-32(45-3)20-41(30)17-24/h4-17,20,27-28,33H,18-19,21H2,1-3H3,(H,40,44)/t27-,28+,33?. The zero-order valence-electron chi connectivity index (χ0n) is 26.2. The molecule has 47 heavy (non-hydrogen) atoms. The van der Waals surface area contributed by atoms with Crippen molar-refractivity contribution in [1.29, 1.82) is 0 Å². The van der Waals surface area contributed by atoms with Gasteiger partial charge in [-0.2, -0.15) is 4.98 Å². The second-order valence-electron chi connectivity index (χ2n) is 12.5. The molecule has 3 aromatic heterocycles. The Hall–Kier alpha value is -5.45. The van der Waals surface area contributed by atoms with Crippen LogP contribution in [-0.4, -0.2) is 57.6 Å². The minimum absolute atomic E-state index is 0.0452. The fourth-order valence-corrected chi connectivity index (χ4v) is 6.11. The minimum atomic E-state index is -0.855. The summed E-state index contributed by atoms with van der Waals surface area (Å²) in [5.74, 6) is 0.839. The first-order valence-corrected chi connectivity index (χ1v) is 15.4. The van der Waals surface area contributed by atoms with E-state index in [1.54, 1.807) is 48.2 Å². The summed E-state index contributed by atoms with van der Waals surface area (Å²) in [4.78, 5) is 37.1. The summed E-state index contributed by atoms with van der Waals surface area (Å²) in [7, 11) is 1.56. The van der Waals surface area contributed by atoms with Crippen molar-refractivity contribution in [2.24, 2.45) is 11.8 Å². The lowest BCUT2D eigenvalue weighted by Gasteiger charge is -2.27. The maximum Gasteiger partial charge on any atom is 0.408 e. The zero-order valence-corrected chi connectivity index (χ0v) is 26.2. The van der Waals surface area contributed by atoms with E-state index in [0.29, 0.717) is 47.3 Å². The van der Waals surface area contributed by atoms with Gasteiger partial charge in [-0.25, -0.2) is 14.2 Å². The highest BCUT2D eigenvalue weighted by molar-refractivity contribution is 5.94. The largest absolute Gasteiger partial charge is 0.480 e. The molecular weight excluding hydrogens is 601 g/mol. The van der Waals surface area contributed by atoms with Crippen molar-refractivity contribution < 1.29 is 28.2 Å². The number of hydrogen-bond acceptors (Lipinski definition) is 7. The molecule has 11 heteroatoms. The molecule has 5 aromatic rings. The Balaban J connectivity index is 1.05. The zero-order chi connectivity index (χ0) is 32.7. The third kappa shape index (κ3) is 6.33. The van der Waals surface area contributed by atoms with Gasteiger partial charge in [-0.15, -0.1) is 0 Å². The molecule has 2 fully saturated rings. The molecule has 1 saturated heterocycles. The molecule has 2 aliphatic rings. The number of rotatable bonds is 9. The van der Waals surface area contributed by atoms with Gasteiger partial charge in [-0.05, 0) is 67.4 Å². The molecule has 1 saturated carbocycles. The summed E-state index contributed by atoms with van der Waals surface area (Å²) in [6.45, 7) is 5.04. The van der Waals surface area contributed by atoms with Crippen LogP contribution >= 0.6 is 0 Å². The molecule has 7 rings (SSSR count).